The van der Waals surface area contributed by atoms with Crippen LogP contribution in [0.25, 0.3) is 0 Å². The van der Waals surface area contributed by atoms with Gasteiger partial charge in [0, 0.05) is 31.4 Å². The molecule has 1 saturated heterocycles. The van der Waals surface area contributed by atoms with Crippen LogP contribution in [-0.4, -0.2) is 35.5 Å². The molecule has 0 saturated carbocycles. The smallest absolute Gasteiger partial charge is 0.0241 e. The number of nitrogens with two attached hydrogens (primary N) is 1. The Kier molecular flexibility index (Phi) is 5.31. The summed E-state index contributed by atoms with van der Waals surface area (Å²) >= 11 is 2.09. The lowest BCUT2D eigenvalue weighted by Crippen LogP contribution is -2.50. The van der Waals surface area contributed by atoms with E-state index >= 15 is 0 Å². The maximum atomic E-state index is 5.83. The van der Waals surface area contributed by atoms with Gasteiger partial charge in [-0.2, -0.15) is 11.8 Å². The Morgan fingerprint density at radius 1 is 1.32 bits per heavy atom. The summed E-state index contributed by atoms with van der Waals surface area (Å²) in [5, 5.41) is 0. The fraction of sp³-hybridized carbons (Fsp3) is 0.625. The van der Waals surface area contributed by atoms with Gasteiger partial charge in [-0.3, -0.25) is 4.90 Å². The van der Waals surface area contributed by atoms with Gasteiger partial charge in [0.05, 0.1) is 0 Å². The molecule has 1 aromatic rings. The van der Waals surface area contributed by atoms with E-state index in [4.69, 9.17) is 5.73 Å². The molecule has 3 heteroatoms. The Hall–Kier alpha value is -0.510. The lowest BCUT2D eigenvalue weighted by atomic mass is 9.81. The largest absolute Gasteiger partial charge is 0.329 e. The van der Waals surface area contributed by atoms with Crippen molar-refractivity contribution < 1.29 is 0 Å². The Morgan fingerprint density at radius 3 is 2.68 bits per heavy atom. The summed E-state index contributed by atoms with van der Waals surface area (Å²) in [5.41, 5.74) is 7.62. The second-order valence-corrected chi connectivity index (χ2v) is 7.22. The molecule has 1 atom stereocenters. The van der Waals surface area contributed by atoms with E-state index in [1.165, 1.54) is 23.5 Å². The Labute approximate surface area is 121 Å². The monoisotopic (exact) mass is 278 g/mol. The predicted octanol–water partition coefficient (Wildman–Crippen LogP) is 2.98. The van der Waals surface area contributed by atoms with Gasteiger partial charge in [0.2, 0.25) is 0 Å². The summed E-state index contributed by atoms with van der Waals surface area (Å²) in [4.78, 5) is 2.58. The van der Waals surface area contributed by atoms with Crippen molar-refractivity contribution in [3.05, 3.63) is 35.9 Å². The van der Waals surface area contributed by atoms with Crippen molar-refractivity contribution in [2.75, 3.05) is 24.6 Å². The van der Waals surface area contributed by atoms with Gasteiger partial charge in [-0.15, -0.1) is 0 Å². The molecule has 0 aromatic heterocycles. The van der Waals surface area contributed by atoms with E-state index in [0.29, 0.717) is 11.5 Å². The molecule has 1 aromatic carbocycles. The molecule has 2 N–H and O–H groups in total. The molecule has 106 valence electrons. The first-order valence-corrected chi connectivity index (χ1v) is 8.35. The second-order valence-electron chi connectivity index (χ2n) is 6.07. The van der Waals surface area contributed by atoms with Gasteiger partial charge < -0.3 is 5.73 Å². The first-order chi connectivity index (χ1) is 9.13. The van der Waals surface area contributed by atoms with Gasteiger partial charge in [-0.1, -0.05) is 44.2 Å². The minimum Gasteiger partial charge on any atom is -0.329 e. The van der Waals surface area contributed by atoms with Crippen molar-refractivity contribution in [2.24, 2.45) is 11.1 Å². The van der Waals surface area contributed by atoms with E-state index < -0.39 is 0 Å². The number of nitrogens with zero attached hydrogens (tertiary/aromatic N) is 1. The Balaban J connectivity index is 2.10. The van der Waals surface area contributed by atoms with E-state index in [-0.39, 0.29) is 0 Å². The quantitative estimate of drug-likeness (QED) is 0.898. The van der Waals surface area contributed by atoms with Crippen LogP contribution in [0.5, 0.6) is 0 Å². The minimum atomic E-state index is 0.398. The first kappa shape index (κ1) is 14.9. The van der Waals surface area contributed by atoms with Gasteiger partial charge in [-0.25, -0.2) is 0 Å². The van der Waals surface area contributed by atoms with Crippen LogP contribution in [-0.2, 0) is 6.54 Å². The predicted molar refractivity (Wildman–Crippen MR) is 85.4 cm³/mol. The number of benzene rings is 1. The highest BCUT2D eigenvalue weighted by Crippen LogP contribution is 2.37. The highest BCUT2D eigenvalue weighted by atomic mass is 32.2. The van der Waals surface area contributed by atoms with Crippen molar-refractivity contribution in [1.29, 1.82) is 0 Å². The van der Waals surface area contributed by atoms with Crippen LogP contribution in [0.4, 0.5) is 0 Å². The van der Waals surface area contributed by atoms with Gasteiger partial charge in [0.25, 0.3) is 0 Å². The first-order valence-electron chi connectivity index (χ1n) is 7.19. The van der Waals surface area contributed by atoms with Crippen molar-refractivity contribution in [2.45, 2.75) is 32.9 Å². The summed E-state index contributed by atoms with van der Waals surface area (Å²) in [6, 6.07) is 11.4. The van der Waals surface area contributed by atoms with Crippen LogP contribution < -0.4 is 5.73 Å². The average molecular weight is 278 g/mol. The van der Waals surface area contributed by atoms with Gasteiger partial charge >= 0.3 is 0 Å². The molecule has 0 amide bonds. The third-order valence-corrected chi connectivity index (χ3v) is 5.20. The molecule has 1 aliphatic heterocycles. The zero-order valence-electron chi connectivity index (χ0n) is 12.1. The molecule has 1 fully saturated rings. The summed E-state index contributed by atoms with van der Waals surface area (Å²) in [7, 11) is 0. The Bertz CT molecular complexity index is 378. The highest BCUT2D eigenvalue weighted by Gasteiger charge is 2.36. The summed E-state index contributed by atoms with van der Waals surface area (Å²) < 4.78 is 0. The maximum Gasteiger partial charge on any atom is 0.0241 e. The van der Waals surface area contributed by atoms with Crippen molar-refractivity contribution in [3.8, 4) is 0 Å². The zero-order chi connectivity index (χ0) is 13.7. The van der Waals surface area contributed by atoms with Crippen LogP contribution in [0.1, 0.15) is 25.8 Å². The van der Waals surface area contributed by atoms with Crippen LogP contribution in [0.15, 0.2) is 30.3 Å². The fourth-order valence-corrected chi connectivity index (χ4v) is 4.57. The Morgan fingerprint density at radius 2 is 2.05 bits per heavy atom. The molecule has 2 rings (SSSR count). The van der Waals surface area contributed by atoms with Gasteiger partial charge in [-0.05, 0) is 23.2 Å². The molecular formula is C16H26N2S. The average Bonchev–Trinajstić information content (AvgIpc) is 2.39. The molecule has 0 aliphatic carbocycles. The molecule has 19 heavy (non-hydrogen) atoms. The number of rotatable bonds is 5. The van der Waals surface area contributed by atoms with Gasteiger partial charge in [0.15, 0.2) is 0 Å². The second kappa shape index (κ2) is 6.78. The maximum absolute atomic E-state index is 5.83. The van der Waals surface area contributed by atoms with Crippen LogP contribution in [0, 0.1) is 5.41 Å². The molecule has 1 heterocycles. The SMILES string of the molecule is CC1(C)CCSCC1N(CCN)Cc1ccccc1. The lowest BCUT2D eigenvalue weighted by Gasteiger charge is -2.45. The van der Waals surface area contributed by atoms with E-state index in [1.807, 2.05) is 0 Å². The van der Waals surface area contributed by atoms with E-state index in [2.05, 4.69) is 60.8 Å². The highest BCUT2D eigenvalue weighted by molar-refractivity contribution is 7.99. The number of hydrogen-bond acceptors (Lipinski definition) is 3. The summed E-state index contributed by atoms with van der Waals surface area (Å²) in [6.45, 7) is 7.57. The fourth-order valence-electron chi connectivity index (χ4n) is 2.85. The molecule has 1 unspecified atom stereocenters. The molecule has 0 spiro atoms. The van der Waals surface area contributed by atoms with Gasteiger partial charge in [0.1, 0.15) is 0 Å². The normalized spacial score (nSPS) is 22.6. The van der Waals surface area contributed by atoms with Crippen LogP contribution >= 0.6 is 11.8 Å². The zero-order valence-corrected chi connectivity index (χ0v) is 13.0. The summed E-state index contributed by atoms with van der Waals surface area (Å²) in [5.74, 6) is 2.53. The third-order valence-electron chi connectivity index (χ3n) is 4.15. The topological polar surface area (TPSA) is 29.3 Å². The molecule has 0 bridgehead atoms. The van der Waals surface area contributed by atoms with E-state index in [1.54, 1.807) is 0 Å². The van der Waals surface area contributed by atoms with Crippen LogP contribution in [0.2, 0.25) is 0 Å². The van der Waals surface area contributed by atoms with E-state index in [9.17, 15) is 0 Å². The summed E-state index contributed by atoms with van der Waals surface area (Å²) in [6.07, 6.45) is 1.30. The molecule has 2 nitrogen and oxygen atoms in total. The molecular weight excluding hydrogens is 252 g/mol. The standard InChI is InChI=1S/C16H26N2S/c1-16(2)8-11-19-13-15(16)18(10-9-17)12-14-6-4-3-5-7-14/h3-7,15H,8-13,17H2,1-2H3. The van der Waals surface area contributed by atoms with Crippen molar-refractivity contribution in [3.63, 3.8) is 0 Å². The van der Waals surface area contributed by atoms with Crippen molar-refractivity contribution >= 4 is 11.8 Å². The number of thioether (sulfide) groups is 1. The minimum absolute atomic E-state index is 0.398. The van der Waals surface area contributed by atoms with Crippen LogP contribution in [0.3, 0.4) is 0 Å². The third kappa shape index (κ3) is 3.98. The van der Waals surface area contributed by atoms with E-state index in [0.717, 1.165) is 19.6 Å². The lowest BCUT2D eigenvalue weighted by molar-refractivity contribution is 0.0932. The molecule has 1 aliphatic rings. The van der Waals surface area contributed by atoms with Crippen molar-refractivity contribution in [1.82, 2.24) is 4.90 Å². The number of hydrogen-bond donors (Lipinski definition) is 1. The molecule has 0 radical (unpaired) electrons.